The standard InChI is InChI=1S/C21H27FN2O5S/c1-29-21(26)18-12-14-6-2-3-7-17(14)24(18)20(25)15-8-9-16(22)19(13-15)30(27,28)23-10-4-5-11-23/h8-9,13-14,17-18H,2-7,10-12H2,1H3. The second-order valence-electron chi connectivity index (χ2n) is 8.36. The second-order valence-corrected chi connectivity index (χ2v) is 10.3. The molecular weight excluding hydrogens is 411 g/mol. The Balaban J connectivity index is 1.69. The van der Waals surface area contributed by atoms with E-state index in [1.807, 2.05) is 0 Å². The lowest BCUT2D eigenvalue weighted by Crippen LogP contribution is -2.46. The highest BCUT2D eigenvalue weighted by Gasteiger charge is 2.48. The van der Waals surface area contributed by atoms with Crippen LogP contribution in [0.1, 0.15) is 55.3 Å². The number of carbonyl (C=O) groups excluding carboxylic acids is 2. The number of benzene rings is 1. The number of halogens is 1. The quantitative estimate of drug-likeness (QED) is 0.675. The van der Waals surface area contributed by atoms with Crippen molar-refractivity contribution < 1.29 is 27.1 Å². The van der Waals surface area contributed by atoms with Crippen LogP contribution in [0.5, 0.6) is 0 Å². The van der Waals surface area contributed by atoms with E-state index in [-0.39, 0.29) is 17.5 Å². The van der Waals surface area contributed by atoms with Crippen LogP contribution in [0.15, 0.2) is 23.1 Å². The molecule has 1 aromatic carbocycles. The van der Waals surface area contributed by atoms with E-state index in [4.69, 9.17) is 4.74 Å². The van der Waals surface area contributed by atoms with E-state index in [9.17, 15) is 22.4 Å². The summed E-state index contributed by atoms with van der Waals surface area (Å²) in [5, 5.41) is 0. The van der Waals surface area contributed by atoms with Crippen molar-refractivity contribution in [3.63, 3.8) is 0 Å². The molecule has 1 amide bonds. The van der Waals surface area contributed by atoms with Crippen molar-refractivity contribution in [2.45, 2.75) is 61.9 Å². The highest BCUT2D eigenvalue weighted by Crippen LogP contribution is 2.41. The maximum absolute atomic E-state index is 14.5. The minimum absolute atomic E-state index is 0.0781. The van der Waals surface area contributed by atoms with Gasteiger partial charge in [0, 0.05) is 24.7 Å². The van der Waals surface area contributed by atoms with E-state index in [1.54, 1.807) is 4.90 Å². The van der Waals surface area contributed by atoms with Crippen molar-refractivity contribution in [1.29, 1.82) is 0 Å². The monoisotopic (exact) mass is 438 g/mol. The van der Waals surface area contributed by atoms with Gasteiger partial charge in [-0.25, -0.2) is 17.6 Å². The summed E-state index contributed by atoms with van der Waals surface area (Å²) in [5.74, 6) is -1.57. The van der Waals surface area contributed by atoms with Crippen molar-refractivity contribution in [3.8, 4) is 0 Å². The lowest BCUT2D eigenvalue weighted by atomic mass is 9.84. The third-order valence-electron chi connectivity index (χ3n) is 6.66. The van der Waals surface area contributed by atoms with Crippen molar-refractivity contribution in [2.75, 3.05) is 20.2 Å². The van der Waals surface area contributed by atoms with Crippen molar-refractivity contribution in [2.24, 2.45) is 5.92 Å². The molecule has 164 valence electrons. The van der Waals surface area contributed by atoms with Gasteiger partial charge in [-0.2, -0.15) is 4.31 Å². The number of rotatable bonds is 4. The van der Waals surface area contributed by atoms with E-state index in [1.165, 1.54) is 17.5 Å². The number of esters is 1. The molecule has 30 heavy (non-hydrogen) atoms. The maximum atomic E-state index is 14.5. The first kappa shape index (κ1) is 21.2. The molecule has 2 aliphatic heterocycles. The van der Waals surface area contributed by atoms with E-state index < -0.39 is 38.7 Å². The lowest BCUT2D eigenvalue weighted by Gasteiger charge is -2.33. The summed E-state index contributed by atoms with van der Waals surface area (Å²) in [4.78, 5) is 26.9. The number of sulfonamides is 1. The predicted molar refractivity (Wildman–Crippen MR) is 107 cm³/mol. The zero-order valence-electron chi connectivity index (χ0n) is 17.0. The van der Waals surface area contributed by atoms with Crippen LogP contribution in [0, 0.1) is 11.7 Å². The van der Waals surface area contributed by atoms with Crippen LogP contribution in [0.2, 0.25) is 0 Å². The van der Waals surface area contributed by atoms with Gasteiger partial charge in [0.2, 0.25) is 10.0 Å². The number of fused-ring (bicyclic) bond motifs is 1. The molecule has 3 aliphatic rings. The first-order valence-corrected chi connectivity index (χ1v) is 12.0. The molecule has 0 bridgehead atoms. The van der Waals surface area contributed by atoms with Crippen LogP contribution in [0.3, 0.4) is 0 Å². The Morgan fingerprint density at radius 2 is 1.80 bits per heavy atom. The zero-order valence-corrected chi connectivity index (χ0v) is 17.9. The molecule has 1 saturated carbocycles. The average Bonchev–Trinajstić information content (AvgIpc) is 3.41. The number of hydrogen-bond acceptors (Lipinski definition) is 5. The SMILES string of the molecule is COC(=O)C1CC2CCCCC2N1C(=O)c1ccc(F)c(S(=O)(=O)N2CCCC2)c1. The first-order valence-electron chi connectivity index (χ1n) is 10.5. The van der Waals surface area contributed by atoms with Gasteiger partial charge in [-0.15, -0.1) is 0 Å². The molecule has 3 unspecified atom stereocenters. The number of likely N-dealkylation sites (tertiary alicyclic amines) is 1. The molecule has 1 aromatic rings. The summed E-state index contributed by atoms with van der Waals surface area (Å²) >= 11 is 0. The number of hydrogen-bond donors (Lipinski definition) is 0. The molecule has 2 heterocycles. The summed E-state index contributed by atoms with van der Waals surface area (Å²) in [6, 6.07) is 2.66. The highest BCUT2D eigenvalue weighted by molar-refractivity contribution is 7.89. The molecule has 0 aromatic heterocycles. The van der Waals surface area contributed by atoms with Gasteiger partial charge >= 0.3 is 5.97 Å². The molecular formula is C21H27FN2O5S. The summed E-state index contributed by atoms with van der Waals surface area (Å²) in [5.41, 5.74) is 0.0781. The van der Waals surface area contributed by atoms with Gasteiger partial charge in [0.05, 0.1) is 7.11 Å². The molecule has 0 spiro atoms. The average molecular weight is 439 g/mol. The number of nitrogens with zero attached hydrogens (tertiary/aromatic N) is 2. The summed E-state index contributed by atoms with van der Waals surface area (Å²) in [6.45, 7) is 0.695. The van der Waals surface area contributed by atoms with Gasteiger partial charge in [0.15, 0.2) is 0 Å². The summed E-state index contributed by atoms with van der Waals surface area (Å²) in [6.07, 6.45) is 5.78. The predicted octanol–water partition coefficient (Wildman–Crippen LogP) is 2.56. The summed E-state index contributed by atoms with van der Waals surface area (Å²) < 4.78 is 46.4. The number of methoxy groups -OCH3 is 1. The normalized spacial score (nSPS) is 27.1. The van der Waals surface area contributed by atoms with E-state index >= 15 is 0 Å². The Morgan fingerprint density at radius 1 is 1.10 bits per heavy atom. The van der Waals surface area contributed by atoms with Gasteiger partial charge in [0.1, 0.15) is 16.8 Å². The van der Waals surface area contributed by atoms with Crippen LogP contribution < -0.4 is 0 Å². The molecule has 2 saturated heterocycles. The van der Waals surface area contributed by atoms with Crippen LogP contribution in [0.25, 0.3) is 0 Å². The Labute approximate surface area is 176 Å². The molecule has 4 rings (SSSR count). The molecule has 1 aliphatic carbocycles. The number of carbonyl (C=O) groups is 2. The van der Waals surface area contributed by atoms with E-state index in [0.29, 0.717) is 19.5 Å². The van der Waals surface area contributed by atoms with Gasteiger partial charge < -0.3 is 9.64 Å². The first-order chi connectivity index (χ1) is 14.3. The minimum Gasteiger partial charge on any atom is -0.467 e. The van der Waals surface area contributed by atoms with Crippen LogP contribution >= 0.6 is 0 Å². The fourth-order valence-corrected chi connectivity index (χ4v) is 6.76. The van der Waals surface area contributed by atoms with Gasteiger partial charge in [-0.05, 0) is 56.2 Å². The zero-order chi connectivity index (χ0) is 21.5. The fraction of sp³-hybridized carbons (Fsp3) is 0.619. The van der Waals surface area contributed by atoms with Crippen LogP contribution in [-0.4, -0.2) is 61.8 Å². The third kappa shape index (κ3) is 3.62. The van der Waals surface area contributed by atoms with E-state index in [0.717, 1.165) is 50.7 Å². The van der Waals surface area contributed by atoms with Crippen molar-refractivity contribution in [3.05, 3.63) is 29.6 Å². The Kier molecular flexibility index (Phi) is 5.85. The Hall–Kier alpha value is -2.00. The minimum atomic E-state index is -4.01. The van der Waals surface area contributed by atoms with Crippen molar-refractivity contribution >= 4 is 21.9 Å². The largest absolute Gasteiger partial charge is 0.467 e. The molecule has 3 fully saturated rings. The summed E-state index contributed by atoms with van der Waals surface area (Å²) in [7, 11) is -2.71. The molecule has 3 atom stereocenters. The van der Waals surface area contributed by atoms with Crippen LogP contribution in [-0.2, 0) is 19.6 Å². The van der Waals surface area contributed by atoms with Gasteiger partial charge in [0.25, 0.3) is 5.91 Å². The maximum Gasteiger partial charge on any atom is 0.328 e. The molecule has 9 heteroatoms. The third-order valence-corrected chi connectivity index (χ3v) is 8.57. The van der Waals surface area contributed by atoms with Gasteiger partial charge in [-0.1, -0.05) is 12.8 Å². The Bertz CT molecular complexity index is 945. The number of amides is 1. The smallest absolute Gasteiger partial charge is 0.328 e. The number of ether oxygens (including phenoxy) is 1. The molecule has 7 nitrogen and oxygen atoms in total. The second kappa shape index (κ2) is 8.26. The van der Waals surface area contributed by atoms with E-state index in [2.05, 4.69) is 0 Å². The molecule has 0 radical (unpaired) electrons. The van der Waals surface area contributed by atoms with Crippen molar-refractivity contribution in [1.82, 2.24) is 9.21 Å². The fourth-order valence-electron chi connectivity index (χ4n) is 5.15. The lowest BCUT2D eigenvalue weighted by molar-refractivity contribution is -0.145. The van der Waals surface area contributed by atoms with Crippen LogP contribution in [0.4, 0.5) is 4.39 Å². The Morgan fingerprint density at radius 3 is 2.50 bits per heavy atom. The molecule has 0 N–H and O–H groups in total. The van der Waals surface area contributed by atoms with Gasteiger partial charge in [-0.3, -0.25) is 4.79 Å². The topological polar surface area (TPSA) is 84.0 Å². The highest BCUT2D eigenvalue weighted by atomic mass is 32.2.